The molecule has 0 aliphatic carbocycles. The van der Waals surface area contributed by atoms with E-state index in [1.54, 1.807) is 0 Å². The molecule has 1 aromatic carbocycles. The third-order valence-electron chi connectivity index (χ3n) is 4.04. The summed E-state index contributed by atoms with van der Waals surface area (Å²) >= 11 is 3.43. The molecule has 0 radical (unpaired) electrons. The van der Waals surface area contributed by atoms with Crippen molar-refractivity contribution in [1.82, 2.24) is 4.90 Å². The zero-order valence-electron chi connectivity index (χ0n) is 11.2. The number of hydrogen-bond donors (Lipinski definition) is 1. The van der Waals surface area contributed by atoms with Crippen LogP contribution in [-0.2, 0) is 10.3 Å². The fourth-order valence-corrected chi connectivity index (χ4v) is 3.15. The summed E-state index contributed by atoms with van der Waals surface area (Å²) in [5.41, 5.74) is -0.0926. The zero-order chi connectivity index (χ0) is 13.9. The van der Waals surface area contributed by atoms with Gasteiger partial charge in [-0.1, -0.05) is 40.9 Å². The lowest BCUT2D eigenvalue weighted by Gasteiger charge is -2.37. The molecule has 0 bridgehead atoms. The molecular formula is C15H20BrNO2. The third kappa shape index (κ3) is 3.00. The van der Waals surface area contributed by atoms with E-state index >= 15 is 0 Å². The highest BCUT2D eigenvalue weighted by molar-refractivity contribution is 9.10. The molecule has 1 unspecified atom stereocenters. The lowest BCUT2D eigenvalue weighted by Crippen LogP contribution is -2.50. The van der Waals surface area contributed by atoms with Crippen LogP contribution in [-0.4, -0.2) is 29.1 Å². The highest BCUT2D eigenvalue weighted by atomic mass is 79.9. The van der Waals surface area contributed by atoms with Crippen molar-refractivity contribution in [2.45, 2.75) is 38.1 Å². The van der Waals surface area contributed by atoms with Gasteiger partial charge in [0.2, 0.25) is 0 Å². The Bertz CT molecular complexity index is 455. The topological polar surface area (TPSA) is 40.5 Å². The average Bonchev–Trinajstić information content (AvgIpc) is 2.66. The second kappa shape index (κ2) is 6.06. The van der Waals surface area contributed by atoms with Crippen molar-refractivity contribution in [1.29, 1.82) is 0 Å². The number of nitrogens with zero attached hydrogens (tertiary/aromatic N) is 1. The predicted molar refractivity (Wildman–Crippen MR) is 79.2 cm³/mol. The van der Waals surface area contributed by atoms with Crippen molar-refractivity contribution in [3.8, 4) is 0 Å². The molecule has 1 aliphatic heterocycles. The molecule has 1 atom stereocenters. The highest BCUT2D eigenvalue weighted by Gasteiger charge is 2.41. The van der Waals surface area contributed by atoms with Crippen LogP contribution >= 0.6 is 15.9 Å². The molecule has 0 amide bonds. The van der Waals surface area contributed by atoms with Crippen molar-refractivity contribution in [3.63, 3.8) is 0 Å². The minimum Gasteiger partial charge on any atom is -0.480 e. The van der Waals surface area contributed by atoms with Crippen LogP contribution in [0.3, 0.4) is 0 Å². The maximum atomic E-state index is 11.9. The van der Waals surface area contributed by atoms with E-state index in [0.29, 0.717) is 0 Å². The minimum absolute atomic E-state index is 0.771. The fourth-order valence-electron chi connectivity index (χ4n) is 2.75. The largest absolute Gasteiger partial charge is 0.480 e. The van der Waals surface area contributed by atoms with Gasteiger partial charge < -0.3 is 5.11 Å². The molecule has 2 rings (SSSR count). The first-order chi connectivity index (χ1) is 9.05. The highest BCUT2D eigenvalue weighted by Crippen LogP contribution is 2.32. The van der Waals surface area contributed by atoms with Gasteiger partial charge >= 0.3 is 5.97 Å². The van der Waals surface area contributed by atoms with Gasteiger partial charge in [-0.05, 0) is 50.6 Å². The molecule has 0 saturated carbocycles. The molecule has 1 N–H and O–H groups in total. The standard InChI is InChI=1S/C15H20BrNO2/c1-15(14(18)19,12-7-6-8-13(16)11-12)17-9-4-2-3-5-10-17/h6-8,11H,2-5,9-10H2,1H3,(H,18,19). The van der Waals surface area contributed by atoms with E-state index in [1.165, 1.54) is 12.8 Å². The molecule has 4 heteroatoms. The quantitative estimate of drug-likeness (QED) is 0.922. The van der Waals surface area contributed by atoms with Gasteiger partial charge in [0.05, 0.1) is 0 Å². The summed E-state index contributed by atoms with van der Waals surface area (Å²) < 4.78 is 0.923. The van der Waals surface area contributed by atoms with Crippen molar-refractivity contribution >= 4 is 21.9 Å². The van der Waals surface area contributed by atoms with E-state index in [0.717, 1.165) is 36.0 Å². The molecule has 104 valence electrons. The molecule has 0 spiro atoms. The third-order valence-corrected chi connectivity index (χ3v) is 4.53. The number of benzene rings is 1. The van der Waals surface area contributed by atoms with Crippen LogP contribution in [0.25, 0.3) is 0 Å². The van der Waals surface area contributed by atoms with Gasteiger partial charge in [0, 0.05) is 4.47 Å². The summed E-state index contributed by atoms with van der Waals surface area (Å²) in [6.07, 6.45) is 4.56. The molecule has 0 aromatic heterocycles. The van der Waals surface area contributed by atoms with E-state index in [-0.39, 0.29) is 0 Å². The summed E-state index contributed by atoms with van der Waals surface area (Å²) in [4.78, 5) is 14.0. The molecule has 3 nitrogen and oxygen atoms in total. The number of aliphatic carboxylic acids is 1. The van der Waals surface area contributed by atoms with Gasteiger partial charge in [-0.3, -0.25) is 4.90 Å². The molecule has 1 heterocycles. The molecule has 1 saturated heterocycles. The number of rotatable bonds is 3. The number of likely N-dealkylation sites (tertiary alicyclic amines) is 1. The fraction of sp³-hybridized carbons (Fsp3) is 0.533. The predicted octanol–water partition coefficient (Wildman–Crippen LogP) is 3.62. The monoisotopic (exact) mass is 325 g/mol. The Morgan fingerprint density at radius 3 is 2.42 bits per heavy atom. The Morgan fingerprint density at radius 2 is 1.89 bits per heavy atom. The number of carboxylic acids is 1. The summed E-state index contributed by atoms with van der Waals surface area (Å²) in [5, 5.41) is 9.76. The molecule has 1 fully saturated rings. The van der Waals surface area contributed by atoms with Gasteiger partial charge in [-0.15, -0.1) is 0 Å². The summed E-state index contributed by atoms with van der Waals surface area (Å²) in [7, 11) is 0. The lowest BCUT2D eigenvalue weighted by atomic mass is 9.89. The van der Waals surface area contributed by atoms with E-state index < -0.39 is 11.5 Å². The van der Waals surface area contributed by atoms with Crippen LogP contribution in [0.4, 0.5) is 0 Å². The Labute approximate surface area is 122 Å². The van der Waals surface area contributed by atoms with Gasteiger partial charge in [-0.25, -0.2) is 4.79 Å². The van der Waals surface area contributed by atoms with E-state index in [9.17, 15) is 9.90 Å². The first kappa shape index (κ1) is 14.5. The maximum absolute atomic E-state index is 11.9. The second-order valence-corrected chi connectivity index (χ2v) is 6.20. The first-order valence-electron chi connectivity index (χ1n) is 6.79. The van der Waals surface area contributed by atoms with Crippen LogP contribution in [0.1, 0.15) is 38.2 Å². The van der Waals surface area contributed by atoms with E-state index in [4.69, 9.17) is 0 Å². The molecule has 1 aliphatic rings. The Hall–Kier alpha value is -0.870. The Kier molecular flexibility index (Phi) is 4.63. The minimum atomic E-state index is -0.936. The van der Waals surface area contributed by atoms with Crippen LogP contribution in [0.15, 0.2) is 28.7 Å². The normalized spacial score (nSPS) is 20.5. The number of carbonyl (C=O) groups is 1. The van der Waals surface area contributed by atoms with E-state index in [1.807, 2.05) is 31.2 Å². The van der Waals surface area contributed by atoms with E-state index in [2.05, 4.69) is 20.8 Å². The smallest absolute Gasteiger partial charge is 0.328 e. The van der Waals surface area contributed by atoms with Crippen LogP contribution in [0.2, 0.25) is 0 Å². The second-order valence-electron chi connectivity index (χ2n) is 5.29. The van der Waals surface area contributed by atoms with Gasteiger partial charge in [-0.2, -0.15) is 0 Å². The first-order valence-corrected chi connectivity index (χ1v) is 7.59. The maximum Gasteiger partial charge on any atom is 0.328 e. The van der Waals surface area contributed by atoms with Crippen molar-refractivity contribution < 1.29 is 9.90 Å². The summed E-state index contributed by atoms with van der Waals surface area (Å²) in [6.45, 7) is 3.53. The van der Waals surface area contributed by atoms with Gasteiger partial charge in [0.1, 0.15) is 5.54 Å². The SMILES string of the molecule is CC(C(=O)O)(c1cccc(Br)c1)N1CCCCCC1. The average molecular weight is 326 g/mol. The molecule has 1 aromatic rings. The number of halogens is 1. The summed E-state index contributed by atoms with van der Waals surface area (Å²) in [5.74, 6) is -0.771. The van der Waals surface area contributed by atoms with Gasteiger partial charge in [0.15, 0.2) is 0 Å². The molecular weight excluding hydrogens is 306 g/mol. The number of carboxylic acid groups (broad SMARTS) is 1. The lowest BCUT2D eigenvalue weighted by molar-refractivity contribution is -0.151. The van der Waals surface area contributed by atoms with Crippen molar-refractivity contribution in [2.24, 2.45) is 0 Å². The summed E-state index contributed by atoms with van der Waals surface area (Å²) in [6, 6.07) is 7.65. The van der Waals surface area contributed by atoms with Crippen LogP contribution in [0, 0.1) is 0 Å². The zero-order valence-corrected chi connectivity index (χ0v) is 12.8. The van der Waals surface area contributed by atoms with Crippen LogP contribution < -0.4 is 0 Å². The van der Waals surface area contributed by atoms with Crippen LogP contribution in [0.5, 0.6) is 0 Å². The Morgan fingerprint density at radius 1 is 1.26 bits per heavy atom. The number of hydrogen-bond acceptors (Lipinski definition) is 2. The van der Waals surface area contributed by atoms with Crippen molar-refractivity contribution in [3.05, 3.63) is 34.3 Å². The van der Waals surface area contributed by atoms with Gasteiger partial charge in [0.25, 0.3) is 0 Å². The van der Waals surface area contributed by atoms with Crippen molar-refractivity contribution in [2.75, 3.05) is 13.1 Å². The molecule has 19 heavy (non-hydrogen) atoms. The Balaban J connectivity index is 2.38.